The van der Waals surface area contributed by atoms with E-state index in [0.29, 0.717) is 23.1 Å². The summed E-state index contributed by atoms with van der Waals surface area (Å²) in [6, 6.07) is 22.3. The molecule has 3 aromatic carbocycles. The second-order valence-corrected chi connectivity index (χ2v) is 7.83. The van der Waals surface area contributed by atoms with Crippen LogP contribution in [0.25, 0.3) is 0 Å². The van der Waals surface area contributed by atoms with E-state index >= 15 is 0 Å². The molecular weight excluding hydrogens is 438 g/mol. The van der Waals surface area contributed by atoms with Crippen molar-refractivity contribution in [2.24, 2.45) is 0 Å². The Balaban J connectivity index is 1.67. The average molecular weight is 461 g/mol. The van der Waals surface area contributed by atoms with Gasteiger partial charge in [-0.05, 0) is 63.8 Å². The molecule has 0 aromatic heterocycles. The number of hydrogen-bond donors (Lipinski definition) is 1. The van der Waals surface area contributed by atoms with E-state index in [2.05, 4.69) is 58.5 Å². The van der Waals surface area contributed by atoms with Crippen LogP contribution in [-0.4, -0.2) is 7.11 Å². The number of hydrogen-bond acceptors (Lipinski definition) is 3. The Morgan fingerprint density at radius 2 is 1.71 bits per heavy atom. The van der Waals surface area contributed by atoms with E-state index in [4.69, 9.17) is 21.1 Å². The number of benzene rings is 3. The second-order valence-electron chi connectivity index (χ2n) is 6.54. The van der Waals surface area contributed by atoms with E-state index in [1.165, 1.54) is 5.56 Å². The fraction of sp³-hybridized carbons (Fsp3) is 0.217. The maximum absolute atomic E-state index is 6.00. The van der Waals surface area contributed by atoms with Gasteiger partial charge in [-0.1, -0.05) is 54.1 Å². The molecule has 0 aliphatic carbocycles. The van der Waals surface area contributed by atoms with Crippen LogP contribution in [0.15, 0.2) is 71.2 Å². The summed E-state index contributed by atoms with van der Waals surface area (Å²) in [5.74, 6) is 1.39. The summed E-state index contributed by atoms with van der Waals surface area (Å²) in [4.78, 5) is 0. The minimum absolute atomic E-state index is 0.256. The first-order valence-electron chi connectivity index (χ1n) is 9.09. The Morgan fingerprint density at radius 1 is 1.00 bits per heavy atom. The summed E-state index contributed by atoms with van der Waals surface area (Å²) in [5, 5.41) is 4.26. The van der Waals surface area contributed by atoms with E-state index in [1.54, 1.807) is 7.11 Å². The zero-order chi connectivity index (χ0) is 19.9. The van der Waals surface area contributed by atoms with Crippen molar-refractivity contribution in [2.45, 2.75) is 26.1 Å². The summed E-state index contributed by atoms with van der Waals surface area (Å²) < 4.78 is 12.4. The van der Waals surface area contributed by atoms with Gasteiger partial charge in [-0.25, -0.2) is 0 Å². The van der Waals surface area contributed by atoms with Crippen LogP contribution in [0.3, 0.4) is 0 Å². The van der Waals surface area contributed by atoms with E-state index < -0.39 is 0 Å². The first-order chi connectivity index (χ1) is 13.6. The Bertz CT molecular complexity index is 900. The first-order valence-corrected chi connectivity index (χ1v) is 10.3. The number of ether oxygens (including phenoxy) is 2. The van der Waals surface area contributed by atoms with Crippen LogP contribution in [0.1, 0.15) is 29.7 Å². The molecule has 0 fully saturated rings. The number of rotatable bonds is 8. The van der Waals surface area contributed by atoms with Gasteiger partial charge in [0.25, 0.3) is 0 Å². The van der Waals surface area contributed by atoms with Crippen LogP contribution in [0.2, 0.25) is 5.02 Å². The van der Waals surface area contributed by atoms with E-state index in [0.717, 1.165) is 22.1 Å². The molecule has 0 saturated carbocycles. The summed E-state index contributed by atoms with van der Waals surface area (Å²) in [6.07, 6.45) is 0. The van der Waals surface area contributed by atoms with Gasteiger partial charge in [-0.2, -0.15) is 0 Å². The Morgan fingerprint density at radius 3 is 2.39 bits per heavy atom. The quantitative estimate of drug-likeness (QED) is 0.414. The summed E-state index contributed by atoms with van der Waals surface area (Å²) >= 11 is 9.56. The molecule has 0 spiro atoms. The highest BCUT2D eigenvalue weighted by molar-refractivity contribution is 9.10. The average Bonchev–Trinajstić information content (AvgIpc) is 2.72. The topological polar surface area (TPSA) is 30.5 Å². The molecule has 0 saturated heterocycles. The lowest BCUT2D eigenvalue weighted by molar-refractivity contribution is 0.282. The number of halogens is 2. The smallest absolute Gasteiger partial charge is 0.175 e. The molecule has 0 bridgehead atoms. The SMILES string of the molecule is COc1cc(CN[C@H](C)c2ccccc2)cc(Br)c1OCc1ccc(Cl)cc1. The molecule has 3 aromatic rings. The van der Waals surface area contributed by atoms with Gasteiger partial charge in [0.05, 0.1) is 11.6 Å². The second kappa shape index (κ2) is 9.97. The fourth-order valence-corrected chi connectivity index (χ4v) is 3.61. The van der Waals surface area contributed by atoms with Crippen molar-refractivity contribution < 1.29 is 9.47 Å². The third kappa shape index (κ3) is 5.51. The lowest BCUT2D eigenvalue weighted by atomic mass is 10.1. The number of methoxy groups -OCH3 is 1. The predicted molar refractivity (Wildman–Crippen MR) is 118 cm³/mol. The molecule has 1 N–H and O–H groups in total. The molecular formula is C23H23BrClNO2. The van der Waals surface area contributed by atoms with Gasteiger partial charge in [-0.3, -0.25) is 0 Å². The molecule has 1 atom stereocenters. The van der Waals surface area contributed by atoms with Crippen molar-refractivity contribution in [1.82, 2.24) is 5.32 Å². The largest absolute Gasteiger partial charge is 0.493 e. The normalized spacial score (nSPS) is 11.9. The highest BCUT2D eigenvalue weighted by atomic mass is 79.9. The van der Waals surface area contributed by atoms with Crippen LogP contribution < -0.4 is 14.8 Å². The highest BCUT2D eigenvalue weighted by Crippen LogP contribution is 2.37. The molecule has 3 rings (SSSR count). The van der Waals surface area contributed by atoms with Gasteiger partial charge in [0.15, 0.2) is 11.5 Å². The minimum Gasteiger partial charge on any atom is -0.493 e. The Labute approximate surface area is 179 Å². The van der Waals surface area contributed by atoms with E-state index in [-0.39, 0.29) is 6.04 Å². The summed E-state index contributed by atoms with van der Waals surface area (Å²) in [5.41, 5.74) is 3.42. The van der Waals surface area contributed by atoms with Crippen molar-refractivity contribution in [3.8, 4) is 11.5 Å². The van der Waals surface area contributed by atoms with Gasteiger partial charge >= 0.3 is 0 Å². The third-order valence-corrected chi connectivity index (χ3v) is 5.34. The first kappa shape index (κ1) is 20.7. The van der Waals surface area contributed by atoms with Crippen LogP contribution in [0.4, 0.5) is 0 Å². The maximum atomic E-state index is 6.00. The molecule has 0 aliphatic heterocycles. The molecule has 5 heteroatoms. The van der Waals surface area contributed by atoms with Crippen molar-refractivity contribution >= 4 is 27.5 Å². The van der Waals surface area contributed by atoms with Crippen LogP contribution >= 0.6 is 27.5 Å². The van der Waals surface area contributed by atoms with Crippen molar-refractivity contribution in [2.75, 3.05) is 7.11 Å². The van der Waals surface area contributed by atoms with Crippen molar-refractivity contribution in [3.63, 3.8) is 0 Å². The van der Waals surface area contributed by atoms with E-state index in [1.807, 2.05) is 36.4 Å². The van der Waals surface area contributed by atoms with Gasteiger partial charge in [0.2, 0.25) is 0 Å². The maximum Gasteiger partial charge on any atom is 0.175 e. The summed E-state index contributed by atoms with van der Waals surface area (Å²) in [6.45, 7) is 3.32. The zero-order valence-electron chi connectivity index (χ0n) is 15.9. The van der Waals surface area contributed by atoms with Crippen molar-refractivity contribution in [1.29, 1.82) is 0 Å². The molecule has 3 nitrogen and oxygen atoms in total. The molecule has 0 radical (unpaired) electrons. The Kier molecular flexibility index (Phi) is 7.37. The predicted octanol–water partition coefficient (Wildman–Crippen LogP) is 6.54. The third-order valence-electron chi connectivity index (χ3n) is 4.50. The molecule has 146 valence electrons. The van der Waals surface area contributed by atoms with Crippen LogP contribution in [0.5, 0.6) is 11.5 Å². The molecule has 0 amide bonds. The molecule has 0 unspecified atom stereocenters. The van der Waals surface area contributed by atoms with Crippen molar-refractivity contribution in [3.05, 3.63) is 92.9 Å². The van der Waals surface area contributed by atoms with Crippen LogP contribution in [0, 0.1) is 0 Å². The lowest BCUT2D eigenvalue weighted by Crippen LogP contribution is -2.18. The van der Waals surface area contributed by atoms with Gasteiger partial charge in [0, 0.05) is 17.6 Å². The Hall–Kier alpha value is -2.01. The van der Waals surface area contributed by atoms with Gasteiger partial charge in [-0.15, -0.1) is 0 Å². The highest BCUT2D eigenvalue weighted by Gasteiger charge is 2.13. The summed E-state index contributed by atoms with van der Waals surface area (Å²) in [7, 11) is 1.65. The van der Waals surface area contributed by atoms with E-state index in [9.17, 15) is 0 Å². The standard InChI is InChI=1S/C23H23BrClNO2/c1-16(19-6-4-3-5-7-19)26-14-18-12-21(24)23(22(13-18)27-2)28-15-17-8-10-20(25)11-9-17/h3-13,16,26H,14-15H2,1-2H3/t16-/m1/s1. The fourth-order valence-electron chi connectivity index (χ4n) is 2.88. The molecule has 0 heterocycles. The number of nitrogens with one attached hydrogen (secondary N) is 1. The lowest BCUT2D eigenvalue weighted by Gasteiger charge is -2.17. The van der Waals surface area contributed by atoms with Gasteiger partial charge in [0.1, 0.15) is 6.61 Å². The molecule has 0 aliphatic rings. The minimum atomic E-state index is 0.256. The zero-order valence-corrected chi connectivity index (χ0v) is 18.3. The van der Waals surface area contributed by atoms with Gasteiger partial charge < -0.3 is 14.8 Å². The molecule has 28 heavy (non-hydrogen) atoms. The monoisotopic (exact) mass is 459 g/mol. The van der Waals surface area contributed by atoms with Crippen LogP contribution in [-0.2, 0) is 13.2 Å².